The van der Waals surface area contributed by atoms with E-state index in [4.69, 9.17) is 9.47 Å². The number of hydrogen-bond acceptors (Lipinski definition) is 5. The van der Waals surface area contributed by atoms with E-state index in [0.29, 0.717) is 17.7 Å². The number of amides is 1. The molecule has 0 spiro atoms. The van der Waals surface area contributed by atoms with E-state index in [2.05, 4.69) is 5.32 Å². The van der Waals surface area contributed by atoms with Crippen LogP contribution in [0.2, 0.25) is 0 Å². The van der Waals surface area contributed by atoms with E-state index in [1.807, 2.05) is 31.2 Å². The van der Waals surface area contributed by atoms with Crippen LogP contribution in [0.4, 0.5) is 0 Å². The van der Waals surface area contributed by atoms with Gasteiger partial charge in [0.05, 0.1) is 25.2 Å². The molecular formula is C21H28N2O5S. The van der Waals surface area contributed by atoms with Crippen LogP contribution in [-0.2, 0) is 21.2 Å². The summed E-state index contributed by atoms with van der Waals surface area (Å²) in [6, 6.07) is 12.0. The smallest absolute Gasteiger partial charge is 0.242 e. The molecule has 0 saturated heterocycles. The number of carbonyl (C=O) groups excluding carboxylic acids is 1. The van der Waals surface area contributed by atoms with Crippen LogP contribution < -0.4 is 14.8 Å². The van der Waals surface area contributed by atoms with Crippen molar-refractivity contribution in [3.05, 3.63) is 53.6 Å². The van der Waals surface area contributed by atoms with Crippen LogP contribution in [0.5, 0.6) is 11.5 Å². The number of rotatable bonds is 9. The zero-order chi connectivity index (χ0) is 21.6. The molecule has 158 valence electrons. The molecule has 1 N–H and O–H groups in total. The Labute approximate surface area is 172 Å². The third-order valence-corrected chi connectivity index (χ3v) is 6.46. The first-order valence-electron chi connectivity index (χ1n) is 9.21. The van der Waals surface area contributed by atoms with E-state index >= 15 is 0 Å². The molecule has 0 bridgehead atoms. The lowest BCUT2D eigenvalue weighted by molar-refractivity contribution is -0.121. The first-order valence-corrected chi connectivity index (χ1v) is 10.7. The quantitative estimate of drug-likeness (QED) is 0.674. The molecule has 7 nitrogen and oxygen atoms in total. The largest absolute Gasteiger partial charge is 0.497 e. The lowest BCUT2D eigenvalue weighted by Crippen LogP contribution is -2.27. The molecule has 0 aliphatic rings. The number of benzene rings is 2. The molecule has 1 amide bonds. The maximum atomic E-state index is 12.4. The number of ether oxygens (including phenoxy) is 2. The Morgan fingerprint density at radius 3 is 2.28 bits per heavy atom. The predicted octanol–water partition coefficient (Wildman–Crippen LogP) is 2.76. The Balaban J connectivity index is 2.06. The van der Waals surface area contributed by atoms with Gasteiger partial charge in [-0.25, -0.2) is 12.7 Å². The topological polar surface area (TPSA) is 84.9 Å². The number of carbonyl (C=O) groups is 1. The second-order valence-electron chi connectivity index (χ2n) is 6.82. The Kier molecular flexibility index (Phi) is 7.64. The van der Waals surface area contributed by atoms with E-state index in [9.17, 15) is 13.2 Å². The standard InChI is InChI=1S/C21H28N2O5S/c1-15(16-6-9-18(27-4)10-7-16)22-21(24)13-8-17-14-19(11-12-20(17)28-5)29(25,26)23(2)3/h6-7,9-12,14-15H,8,13H2,1-5H3,(H,22,24)/t15-/m0/s1. The number of nitrogens with one attached hydrogen (secondary N) is 1. The first kappa shape index (κ1) is 22.7. The van der Waals surface area contributed by atoms with Gasteiger partial charge >= 0.3 is 0 Å². The molecule has 1 atom stereocenters. The molecule has 0 saturated carbocycles. The molecule has 0 aromatic heterocycles. The molecule has 2 aromatic carbocycles. The summed E-state index contributed by atoms with van der Waals surface area (Å²) >= 11 is 0. The highest BCUT2D eigenvalue weighted by Gasteiger charge is 2.19. The minimum atomic E-state index is -3.56. The van der Waals surface area contributed by atoms with Crippen molar-refractivity contribution in [1.29, 1.82) is 0 Å². The Bertz CT molecular complexity index is 940. The molecular weight excluding hydrogens is 392 g/mol. The highest BCUT2D eigenvalue weighted by molar-refractivity contribution is 7.89. The van der Waals surface area contributed by atoms with Crippen molar-refractivity contribution in [1.82, 2.24) is 9.62 Å². The van der Waals surface area contributed by atoms with Crippen molar-refractivity contribution in [2.24, 2.45) is 0 Å². The molecule has 2 rings (SSSR count). The minimum Gasteiger partial charge on any atom is -0.497 e. The number of aryl methyl sites for hydroxylation is 1. The van der Waals surface area contributed by atoms with E-state index in [0.717, 1.165) is 15.6 Å². The van der Waals surface area contributed by atoms with Gasteiger partial charge in [0.1, 0.15) is 11.5 Å². The van der Waals surface area contributed by atoms with Crippen molar-refractivity contribution < 1.29 is 22.7 Å². The van der Waals surface area contributed by atoms with Gasteiger partial charge < -0.3 is 14.8 Å². The summed E-state index contributed by atoms with van der Waals surface area (Å²) in [5, 5.41) is 2.96. The van der Waals surface area contributed by atoms with Gasteiger partial charge in [-0.15, -0.1) is 0 Å². The van der Waals surface area contributed by atoms with Crippen LogP contribution >= 0.6 is 0 Å². The van der Waals surface area contributed by atoms with E-state index in [1.165, 1.54) is 27.3 Å². The van der Waals surface area contributed by atoms with Gasteiger partial charge in [-0.3, -0.25) is 4.79 Å². The van der Waals surface area contributed by atoms with Gasteiger partial charge in [-0.1, -0.05) is 12.1 Å². The molecule has 0 aliphatic heterocycles. The van der Waals surface area contributed by atoms with Crippen LogP contribution in [0.1, 0.15) is 30.5 Å². The lowest BCUT2D eigenvalue weighted by atomic mass is 10.1. The van der Waals surface area contributed by atoms with Gasteiger partial charge in [-0.05, 0) is 54.8 Å². The molecule has 29 heavy (non-hydrogen) atoms. The monoisotopic (exact) mass is 420 g/mol. The van der Waals surface area contributed by atoms with Gasteiger partial charge in [0.25, 0.3) is 0 Å². The molecule has 0 unspecified atom stereocenters. The van der Waals surface area contributed by atoms with Crippen LogP contribution in [0.3, 0.4) is 0 Å². The summed E-state index contributed by atoms with van der Waals surface area (Å²) in [4.78, 5) is 12.6. The molecule has 8 heteroatoms. The average Bonchev–Trinajstić information content (AvgIpc) is 2.71. The van der Waals surface area contributed by atoms with Gasteiger partial charge in [0.2, 0.25) is 15.9 Å². The fourth-order valence-corrected chi connectivity index (χ4v) is 3.81. The van der Waals surface area contributed by atoms with E-state index < -0.39 is 10.0 Å². The Hall–Kier alpha value is -2.58. The summed E-state index contributed by atoms with van der Waals surface area (Å²) in [5.74, 6) is 1.18. The lowest BCUT2D eigenvalue weighted by Gasteiger charge is -2.16. The third-order valence-electron chi connectivity index (χ3n) is 4.65. The van der Waals surface area contributed by atoms with E-state index in [-0.39, 0.29) is 23.3 Å². The van der Waals surface area contributed by atoms with Crippen LogP contribution in [-0.4, -0.2) is 46.9 Å². The Morgan fingerprint density at radius 1 is 1.07 bits per heavy atom. The SMILES string of the molecule is COc1ccc([C@H](C)NC(=O)CCc2cc(S(=O)(=O)N(C)C)ccc2OC)cc1. The van der Waals surface area contributed by atoms with Crippen molar-refractivity contribution >= 4 is 15.9 Å². The molecule has 2 aromatic rings. The van der Waals surface area contributed by atoms with Gasteiger partial charge in [0.15, 0.2) is 0 Å². The van der Waals surface area contributed by atoms with Gasteiger partial charge in [-0.2, -0.15) is 0 Å². The molecule has 0 fully saturated rings. The normalized spacial score (nSPS) is 12.5. The number of hydrogen-bond donors (Lipinski definition) is 1. The second kappa shape index (κ2) is 9.76. The summed E-state index contributed by atoms with van der Waals surface area (Å²) in [6.45, 7) is 1.91. The van der Waals surface area contributed by atoms with Crippen LogP contribution in [0, 0.1) is 0 Å². The van der Waals surface area contributed by atoms with Crippen molar-refractivity contribution in [3.63, 3.8) is 0 Å². The number of nitrogens with zero attached hydrogens (tertiary/aromatic N) is 1. The van der Waals surface area contributed by atoms with E-state index in [1.54, 1.807) is 19.2 Å². The highest BCUT2D eigenvalue weighted by Crippen LogP contribution is 2.25. The number of methoxy groups -OCH3 is 2. The maximum absolute atomic E-state index is 12.4. The summed E-state index contributed by atoms with van der Waals surface area (Å²) in [5.41, 5.74) is 1.64. The average molecular weight is 421 g/mol. The third kappa shape index (κ3) is 5.71. The second-order valence-corrected chi connectivity index (χ2v) is 8.98. The van der Waals surface area contributed by atoms with Crippen LogP contribution in [0.15, 0.2) is 47.4 Å². The fraction of sp³-hybridized carbons (Fsp3) is 0.381. The van der Waals surface area contributed by atoms with Crippen molar-refractivity contribution in [3.8, 4) is 11.5 Å². The van der Waals surface area contributed by atoms with Gasteiger partial charge in [0, 0.05) is 20.5 Å². The predicted molar refractivity (Wildman–Crippen MR) is 112 cm³/mol. The minimum absolute atomic E-state index is 0.128. The zero-order valence-corrected chi connectivity index (χ0v) is 18.2. The molecule has 0 radical (unpaired) electrons. The van der Waals surface area contributed by atoms with Crippen molar-refractivity contribution in [2.45, 2.75) is 30.7 Å². The molecule has 0 heterocycles. The zero-order valence-electron chi connectivity index (χ0n) is 17.4. The summed E-state index contributed by atoms with van der Waals surface area (Å²) < 4.78 is 36.4. The molecule has 0 aliphatic carbocycles. The maximum Gasteiger partial charge on any atom is 0.242 e. The summed E-state index contributed by atoms with van der Waals surface area (Å²) in [7, 11) is 2.53. The number of sulfonamides is 1. The fourth-order valence-electron chi connectivity index (χ4n) is 2.86. The highest BCUT2D eigenvalue weighted by atomic mass is 32.2. The summed E-state index contributed by atoms with van der Waals surface area (Å²) in [6.07, 6.45) is 0.573. The van der Waals surface area contributed by atoms with Crippen LogP contribution in [0.25, 0.3) is 0 Å². The first-order chi connectivity index (χ1) is 13.7. The van der Waals surface area contributed by atoms with Crippen molar-refractivity contribution in [2.75, 3.05) is 28.3 Å². The Morgan fingerprint density at radius 2 is 1.72 bits per heavy atom.